The smallest absolute Gasteiger partial charge is 0.134 e. The van der Waals surface area contributed by atoms with Crippen LogP contribution in [0.15, 0.2) is 78.9 Å². The molecule has 0 spiro atoms. The Morgan fingerprint density at radius 2 is 1.14 bits per heavy atom. The molecule has 184 valence electrons. The lowest BCUT2D eigenvalue weighted by molar-refractivity contribution is 0.620. The maximum absolute atomic E-state index is 15.3. The van der Waals surface area contributed by atoms with E-state index >= 15 is 4.39 Å². The van der Waals surface area contributed by atoms with Crippen molar-refractivity contribution in [2.75, 3.05) is 0 Å². The molecule has 0 aliphatic carbocycles. The molecule has 0 aliphatic heterocycles. The highest BCUT2D eigenvalue weighted by molar-refractivity contribution is 5.85. The highest BCUT2D eigenvalue weighted by atomic mass is 19.1. The fourth-order valence-corrected chi connectivity index (χ4v) is 4.62. The van der Waals surface area contributed by atoms with Gasteiger partial charge in [0.15, 0.2) is 0 Å². The van der Waals surface area contributed by atoms with Gasteiger partial charge in [-0.2, -0.15) is 0 Å². The van der Waals surface area contributed by atoms with Crippen LogP contribution < -0.4 is 0 Å². The summed E-state index contributed by atoms with van der Waals surface area (Å²) in [6.07, 6.45) is 10.0. The molecule has 0 saturated heterocycles. The lowest BCUT2D eigenvalue weighted by Gasteiger charge is -2.08. The number of hydrogen-bond donors (Lipinski definition) is 0. The Kier molecular flexibility index (Phi) is 9.34. The van der Waals surface area contributed by atoms with Crippen LogP contribution in [0.3, 0.4) is 0 Å². The monoisotopic (exact) mass is 476 g/mol. The Hall–Kier alpha value is -3.37. The summed E-state index contributed by atoms with van der Waals surface area (Å²) in [4.78, 5) is 0. The molecule has 36 heavy (non-hydrogen) atoms. The average Bonchev–Trinajstić information content (AvgIpc) is 2.92. The molecular formula is C35H37F. The fraction of sp³-hybridized carbons (Fsp3) is 0.314. The second-order valence-corrected chi connectivity index (χ2v) is 9.80. The van der Waals surface area contributed by atoms with Crippen LogP contribution in [-0.4, -0.2) is 0 Å². The van der Waals surface area contributed by atoms with E-state index in [1.54, 1.807) is 0 Å². The van der Waals surface area contributed by atoms with E-state index in [0.717, 1.165) is 41.3 Å². The first-order chi connectivity index (χ1) is 17.7. The Morgan fingerprint density at radius 3 is 1.83 bits per heavy atom. The van der Waals surface area contributed by atoms with E-state index < -0.39 is 0 Å². The molecule has 4 rings (SSSR count). The molecule has 0 aliphatic rings. The summed E-state index contributed by atoms with van der Waals surface area (Å²) in [5, 5.41) is 1.57. The van der Waals surface area contributed by atoms with Crippen molar-refractivity contribution in [3.05, 3.63) is 118 Å². The molecule has 4 aromatic carbocycles. The Balaban J connectivity index is 1.40. The SMILES string of the molecule is CCCCCc1ccc(CCc2ccc3cc(C#Cc4ccc(CCCC)cc4)ccc3c2F)cc1. The molecule has 0 heterocycles. The predicted molar refractivity (Wildman–Crippen MR) is 152 cm³/mol. The molecule has 0 fully saturated rings. The van der Waals surface area contributed by atoms with Gasteiger partial charge in [-0.3, -0.25) is 0 Å². The Morgan fingerprint density at radius 1 is 0.556 bits per heavy atom. The molecule has 0 unspecified atom stereocenters. The number of halogens is 1. The van der Waals surface area contributed by atoms with E-state index in [1.165, 1.54) is 48.8 Å². The first kappa shape index (κ1) is 25.7. The molecule has 0 radical (unpaired) electrons. The highest BCUT2D eigenvalue weighted by Gasteiger charge is 2.08. The Labute approximate surface area is 216 Å². The van der Waals surface area contributed by atoms with Crippen molar-refractivity contribution in [1.29, 1.82) is 0 Å². The molecular weight excluding hydrogens is 439 g/mol. The Bertz CT molecular complexity index is 1320. The number of fused-ring (bicyclic) bond motifs is 1. The summed E-state index contributed by atoms with van der Waals surface area (Å²) in [5.74, 6) is 6.39. The quantitative estimate of drug-likeness (QED) is 0.158. The van der Waals surface area contributed by atoms with Crippen LogP contribution in [0, 0.1) is 17.7 Å². The minimum Gasteiger partial charge on any atom is -0.206 e. The molecule has 0 N–H and O–H groups in total. The van der Waals surface area contributed by atoms with Gasteiger partial charge >= 0.3 is 0 Å². The molecule has 0 nitrogen and oxygen atoms in total. The third-order valence-electron chi connectivity index (χ3n) is 6.93. The summed E-state index contributed by atoms with van der Waals surface area (Å²) < 4.78 is 15.3. The number of hydrogen-bond acceptors (Lipinski definition) is 0. The van der Waals surface area contributed by atoms with E-state index in [0.29, 0.717) is 11.8 Å². The van der Waals surface area contributed by atoms with Gasteiger partial charge in [-0.15, -0.1) is 0 Å². The van der Waals surface area contributed by atoms with E-state index in [-0.39, 0.29) is 5.82 Å². The molecule has 1 heteroatoms. The molecule has 4 aromatic rings. The third kappa shape index (κ3) is 7.08. The van der Waals surface area contributed by atoms with Crippen LogP contribution in [0.5, 0.6) is 0 Å². The van der Waals surface area contributed by atoms with Gasteiger partial charge in [0.05, 0.1) is 0 Å². The molecule has 0 saturated carbocycles. The van der Waals surface area contributed by atoms with Crippen LogP contribution in [-0.2, 0) is 25.7 Å². The van der Waals surface area contributed by atoms with E-state index in [1.807, 2.05) is 30.3 Å². The van der Waals surface area contributed by atoms with Crippen LogP contribution in [0.25, 0.3) is 10.8 Å². The lowest BCUT2D eigenvalue weighted by atomic mass is 9.98. The van der Waals surface area contributed by atoms with Gasteiger partial charge in [0.1, 0.15) is 5.82 Å². The minimum atomic E-state index is -0.106. The van der Waals surface area contributed by atoms with Crippen molar-refractivity contribution in [3.8, 4) is 11.8 Å². The number of unbranched alkanes of at least 4 members (excludes halogenated alkanes) is 3. The second kappa shape index (κ2) is 13.1. The van der Waals surface area contributed by atoms with Crippen LogP contribution in [0.4, 0.5) is 4.39 Å². The van der Waals surface area contributed by atoms with Crippen molar-refractivity contribution >= 4 is 10.8 Å². The summed E-state index contributed by atoms with van der Waals surface area (Å²) in [6, 6.07) is 27.1. The summed E-state index contributed by atoms with van der Waals surface area (Å²) >= 11 is 0. The zero-order valence-electron chi connectivity index (χ0n) is 21.7. The fourth-order valence-electron chi connectivity index (χ4n) is 4.62. The average molecular weight is 477 g/mol. The van der Waals surface area contributed by atoms with Gasteiger partial charge in [-0.05, 0) is 90.4 Å². The topological polar surface area (TPSA) is 0 Å². The lowest BCUT2D eigenvalue weighted by Crippen LogP contribution is -1.96. The van der Waals surface area contributed by atoms with E-state index in [4.69, 9.17) is 0 Å². The van der Waals surface area contributed by atoms with E-state index in [9.17, 15) is 0 Å². The first-order valence-corrected chi connectivity index (χ1v) is 13.6. The van der Waals surface area contributed by atoms with Crippen molar-refractivity contribution < 1.29 is 4.39 Å². The van der Waals surface area contributed by atoms with Gasteiger partial charge in [0, 0.05) is 16.5 Å². The van der Waals surface area contributed by atoms with Gasteiger partial charge in [0.25, 0.3) is 0 Å². The van der Waals surface area contributed by atoms with Crippen molar-refractivity contribution in [2.45, 2.75) is 71.6 Å². The van der Waals surface area contributed by atoms with Gasteiger partial charge in [-0.25, -0.2) is 4.39 Å². The van der Waals surface area contributed by atoms with Crippen LogP contribution in [0.2, 0.25) is 0 Å². The zero-order valence-corrected chi connectivity index (χ0v) is 21.7. The zero-order chi connectivity index (χ0) is 25.2. The third-order valence-corrected chi connectivity index (χ3v) is 6.93. The molecule has 0 aromatic heterocycles. The van der Waals surface area contributed by atoms with Crippen LogP contribution in [0.1, 0.15) is 79.3 Å². The summed E-state index contributed by atoms with van der Waals surface area (Å²) in [6.45, 7) is 4.45. The van der Waals surface area contributed by atoms with E-state index in [2.05, 4.69) is 74.2 Å². The van der Waals surface area contributed by atoms with Gasteiger partial charge < -0.3 is 0 Å². The van der Waals surface area contributed by atoms with Crippen LogP contribution >= 0.6 is 0 Å². The predicted octanol–water partition coefficient (Wildman–Crippen LogP) is 9.24. The van der Waals surface area contributed by atoms with Crippen molar-refractivity contribution in [1.82, 2.24) is 0 Å². The van der Waals surface area contributed by atoms with Gasteiger partial charge in [0.2, 0.25) is 0 Å². The summed E-state index contributed by atoms with van der Waals surface area (Å²) in [5.41, 5.74) is 6.70. The first-order valence-electron chi connectivity index (χ1n) is 13.6. The largest absolute Gasteiger partial charge is 0.206 e. The normalized spacial score (nSPS) is 10.9. The molecule has 0 atom stereocenters. The minimum absolute atomic E-state index is 0.106. The molecule has 0 bridgehead atoms. The number of benzene rings is 4. The number of aryl methyl sites for hydroxylation is 4. The number of rotatable bonds is 10. The maximum atomic E-state index is 15.3. The summed E-state index contributed by atoms with van der Waals surface area (Å²) in [7, 11) is 0. The van der Waals surface area contributed by atoms with Crippen molar-refractivity contribution in [2.24, 2.45) is 0 Å². The second-order valence-electron chi connectivity index (χ2n) is 9.80. The standard InChI is InChI=1S/C35H37F/c1-3-5-7-9-28-12-16-30(17-13-28)20-22-32-23-24-33-26-31(21-25-34(33)35(32)36)19-18-29-14-10-27(11-15-29)8-6-4-2/h10-17,21,23-26H,3-9,20,22H2,1-2H3. The van der Waals surface area contributed by atoms with Crippen molar-refractivity contribution in [3.63, 3.8) is 0 Å². The highest BCUT2D eigenvalue weighted by Crippen LogP contribution is 2.24. The maximum Gasteiger partial charge on any atom is 0.134 e. The molecule has 0 amide bonds. The van der Waals surface area contributed by atoms with Gasteiger partial charge in [-0.1, -0.05) is 99.5 Å².